The fourth-order valence-electron chi connectivity index (χ4n) is 2.80. The number of hydrogen-bond donors (Lipinski definition) is 0. The van der Waals surface area contributed by atoms with Crippen molar-refractivity contribution in [2.24, 2.45) is 0 Å². The number of carbonyl (C=O) groups is 1. The first-order chi connectivity index (χ1) is 13.2. The Bertz CT molecular complexity index is 827. The van der Waals surface area contributed by atoms with Crippen molar-refractivity contribution < 1.29 is 23.0 Å². The minimum atomic E-state index is -3.26. The van der Waals surface area contributed by atoms with Crippen LogP contribution in [0.1, 0.15) is 27.2 Å². The van der Waals surface area contributed by atoms with Crippen LogP contribution in [0.2, 0.25) is 0 Å². The molecule has 1 unspecified atom stereocenters. The molecule has 9 heteroatoms. The standard InChI is InChI=1S/C19H22F2N4O3/c1-18(2,3)28-17(26)25-11-6-14(19(20,21)12-25)27-16-15(23-9-10-24-16)13-4-7-22-8-5-13/h4-5,7-10,14H,6,11-12H2,1-3H3. The fourth-order valence-corrected chi connectivity index (χ4v) is 2.80. The Balaban J connectivity index is 1.74. The van der Waals surface area contributed by atoms with E-state index in [0.29, 0.717) is 11.3 Å². The maximum absolute atomic E-state index is 14.7. The van der Waals surface area contributed by atoms with Gasteiger partial charge in [-0.1, -0.05) is 0 Å². The van der Waals surface area contributed by atoms with Crippen LogP contribution < -0.4 is 4.74 Å². The first-order valence-corrected chi connectivity index (χ1v) is 8.89. The van der Waals surface area contributed by atoms with Gasteiger partial charge < -0.3 is 14.4 Å². The number of halogens is 2. The second kappa shape index (κ2) is 7.65. The van der Waals surface area contributed by atoms with Crippen molar-refractivity contribution in [3.05, 3.63) is 36.9 Å². The van der Waals surface area contributed by atoms with E-state index < -0.39 is 30.3 Å². The van der Waals surface area contributed by atoms with Crippen LogP contribution in [0, 0.1) is 0 Å². The number of amides is 1. The molecule has 0 aromatic carbocycles. The summed E-state index contributed by atoms with van der Waals surface area (Å²) in [6.45, 7) is 4.38. The van der Waals surface area contributed by atoms with Crippen molar-refractivity contribution in [1.29, 1.82) is 0 Å². The van der Waals surface area contributed by atoms with Crippen LogP contribution in [0.3, 0.4) is 0 Å². The number of likely N-dealkylation sites (tertiary alicyclic amines) is 1. The van der Waals surface area contributed by atoms with Crippen LogP contribution in [-0.2, 0) is 4.74 Å². The van der Waals surface area contributed by atoms with E-state index in [1.54, 1.807) is 45.3 Å². The quantitative estimate of drug-likeness (QED) is 0.795. The topological polar surface area (TPSA) is 77.4 Å². The molecule has 1 aliphatic heterocycles. The summed E-state index contributed by atoms with van der Waals surface area (Å²) in [6, 6.07) is 3.39. The summed E-state index contributed by atoms with van der Waals surface area (Å²) >= 11 is 0. The Hall–Kier alpha value is -2.84. The number of ether oxygens (including phenoxy) is 2. The molecule has 1 fully saturated rings. The molecule has 0 N–H and O–H groups in total. The maximum Gasteiger partial charge on any atom is 0.410 e. The van der Waals surface area contributed by atoms with Crippen LogP contribution >= 0.6 is 0 Å². The number of carbonyl (C=O) groups excluding carboxylic acids is 1. The summed E-state index contributed by atoms with van der Waals surface area (Å²) in [6.07, 6.45) is 3.74. The SMILES string of the molecule is CC(C)(C)OC(=O)N1CCC(Oc2nccnc2-c2ccncc2)C(F)(F)C1. The zero-order chi connectivity index (χ0) is 20.4. The van der Waals surface area contributed by atoms with Gasteiger partial charge in [0.25, 0.3) is 0 Å². The third kappa shape index (κ3) is 4.71. The van der Waals surface area contributed by atoms with Crippen LogP contribution in [-0.4, -0.2) is 56.7 Å². The van der Waals surface area contributed by atoms with E-state index in [9.17, 15) is 13.6 Å². The predicted octanol–water partition coefficient (Wildman–Crippen LogP) is 3.56. The molecule has 1 amide bonds. The molecular weight excluding hydrogens is 370 g/mol. The molecule has 0 bridgehead atoms. The monoisotopic (exact) mass is 392 g/mol. The number of hydrogen-bond acceptors (Lipinski definition) is 6. The number of piperidine rings is 1. The molecule has 1 atom stereocenters. The molecule has 28 heavy (non-hydrogen) atoms. The Morgan fingerprint density at radius 3 is 2.50 bits per heavy atom. The zero-order valence-corrected chi connectivity index (χ0v) is 15.9. The number of pyridine rings is 1. The smallest absolute Gasteiger partial charge is 0.410 e. The van der Waals surface area contributed by atoms with Crippen molar-refractivity contribution in [3.8, 4) is 17.1 Å². The summed E-state index contributed by atoms with van der Waals surface area (Å²) in [5.41, 5.74) is 0.265. The average Bonchev–Trinajstić information content (AvgIpc) is 2.63. The maximum atomic E-state index is 14.7. The lowest BCUT2D eigenvalue weighted by atomic mass is 10.0. The van der Waals surface area contributed by atoms with Crippen molar-refractivity contribution >= 4 is 6.09 Å². The summed E-state index contributed by atoms with van der Waals surface area (Å²) < 4.78 is 40.1. The van der Waals surface area contributed by atoms with Gasteiger partial charge in [0.1, 0.15) is 11.3 Å². The highest BCUT2D eigenvalue weighted by molar-refractivity contribution is 5.68. The van der Waals surface area contributed by atoms with Crippen LogP contribution in [0.25, 0.3) is 11.3 Å². The number of alkyl halides is 2. The Kier molecular flexibility index (Phi) is 5.44. The van der Waals surface area contributed by atoms with Gasteiger partial charge in [0.05, 0.1) is 6.54 Å². The second-order valence-electron chi connectivity index (χ2n) is 7.50. The van der Waals surface area contributed by atoms with E-state index in [2.05, 4.69) is 15.0 Å². The van der Waals surface area contributed by atoms with E-state index in [-0.39, 0.29) is 18.8 Å². The summed E-state index contributed by atoms with van der Waals surface area (Å²) in [5.74, 6) is -3.24. The van der Waals surface area contributed by atoms with E-state index in [1.807, 2.05) is 0 Å². The molecule has 150 valence electrons. The third-order valence-electron chi connectivity index (χ3n) is 4.06. The summed E-state index contributed by atoms with van der Waals surface area (Å²) in [4.78, 5) is 25.3. The molecule has 0 spiro atoms. The highest BCUT2D eigenvalue weighted by Crippen LogP contribution is 2.34. The van der Waals surface area contributed by atoms with Crippen molar-refractivity contribution in [3.63, 3.8) is 0 Å². The van der Waals surface area contributed by atoms with E-state index >= 15 is 0 Å². The van der Waals surface area contributed by atoms with Gasteiger partial charge in [-0.2, -0.15) is 0 Å². The molecule has 1 saturated heterocycles. The van der Waals surface area contributed by atoms with Crippen molar-refractivity contribution in [2.75, 3.05) is 13.1 Å². The van der Waals surface area contributed by atoms with Gasteiger partial charge in [-0.05, 0) is 32.9 Å². The average molecular weight is 392 g/mol. The first-order valence-electron chi connectivity index (χ1n) is 8.89. The molecule has 2 aromatic heterocycles. The number of aromatic nitrogens is 3. The van der Waals surface area contributed by atoms with Crippen LogP contribution in [0.4, 0.5) is 13.6 Å². The number of nitrogens with zero attached hydrogens (tertiary/aromatic N) is 4. The van der Waals surface area contributed by atoms with Gasteiger partial charge in [-0.15, -0.1) is 0 Å². The molecule has 3 rings (SSSR count). The largest absolute Gasteiger partial charge is 0.466 e. The van der Waals surface area contributed by atoms with Crippen molar-refractivity contribution in [2.45, 2.75) is 44.8 Å². The minimum Gasteiger partial charge on any atom is -0.466 e. The van der Waals surface area contributed by atoms with E-state index in [1.165, 1.54) is 12.4 Å². The molecule has 3 heterocycles. The predicted molar refractivity (Wildman–Crippen MR) is 97.1 cm³/mol. The lowest BCUT2D eigenvalue weighted by Gasteiger charge is -2.38. The fraction of sp³-hybridized carbons (Fsp3) is 0.474. The summed E-state index contributed by atoms with van der Waals surface area (Å²) in [5, 5.41) is 0. The van der Waals surface area contributed by atoms with Crippen molar-refractivity contribution in [1.82, 2.24) is 19.9 Å². The second-order valence-corrected chi connectivity index (χ2v) is 7.50. The molecule has 0 aliphatic carbocycles. The molecular formula is C19H22F2N4O3. The normalized spacial score (nSPS) is 19.2. The highest BCUT2D eigenvalue weighted by Gasteiger charge is 2.48. The molecule has 2 aromatic rings. The van der Waals surface area contributed by atoms with Gasteiger partial charge >= 0.3 is 12.0 Å². The van der Waals surface area contributed by atoms with Gasteiger partial charge in [0.2, 0.25) is 5.88 Å². The molecule has 7 nitrogen and oxygen atoms in total. The van der Waals surface area contributed by atoms with Gasteiger partial charge in [-0.3, -0.25) is 4.98 Å². The van der Waals surface area contributed by atoms with Crippen LogP contribution in [0.15, 0.2) is 36.9 Å². The summed E-state index contributed by atoms with van der Waals surface area (Å²) in [7, 11) is 0. The first kappa shape index (κ1) is 19.9. The molecule has 0 radical (unpaired) electrons. The van der Waals surface area contributed by atoms with Gasteiger partial charge in [0.15, 0.2) is 6.10 Å². The highest BCUT2D eigenvalue weighted by atomic mass is 19.3. The van der Waals surface area contributed by atoms with Gasteiger partial charge in [-0.25, -0.2) is 23.5 Å². The Morgan fingerprint density at radius 2 is 1.86 bits per heavy atom. The van der Waals surface area contributed by atoms with Gasteiger partial charge in [0, 0.05) is 43.3 Å². The molecule has 1 aliphatic rings. The Labute approximate surface area is 161 Å². The molecule has 0 saturated carbocycles. The van der Waals surface area contributed by atoms with E-state index in [4.69, 9.17) is 9.47 Å². The lowest BCUT2D eigenvalue weighted by Crippen LogP contribution is -2.56. The van der Waals surface area contributed by atoms with Crippen LogP contribution in [0.5, 0.6) is 5.88 Å². The third-order valence-corrected chi connectivity index (χ3v) is 4.06. The zero-order valence-electron chi connectivity index (χ0n) is 15.9. The lowest BCUT2D eigenvalue weighted by molar-refractivity contribution is -0.138. The van der Waals surface area contributed by atoms with E-state index in [0.717, 1.165) is 4.90 Å². The minimum absolute atomic E-state index is 0.0177. The Morgan fingerprint density at radius 1 is 1.18 bits per heavy atom. The number of rotatable bonds is 3.